The van der Waals surface area contributed by atoms with Crippen LogP contribution in [0.25, 0.3) is 0 Å². The second-order valence-electron chi connectivity index (χ2n) is 3.12. The molecule has 0 saturated heterocycles. The van der Waals surface area contributed by atoms with Crippen molar-refractivity contribution in [1.29, 1.82) is 0 Å². The molecule has 0 aliphatic heterocycles. The maximum absolute atomic E-state index is 11.8. The summed E-state index contributed by atoms with van der Waals surface area (Å²) >= 11 is 0. The molecule has 98 valence electrons. The molecule has 0 amide bonds. The normalized spacial score (nSPS) is 12.8. The molecule has 1 heterocycles. The van der Waals surface area contributed by atoms with Crippen LogP contribution in [0, 0.1) is 0 Å². The van der Waals surface area contributed by atoms with Crippen LogP contribution in [0.3, 0.4) is 0 Å². The van der Waals surface area contributed by atoms with Gasteiger partial charge in [0, 0.05) is 12.3 Å². The fraction of sp³-hybridized carbons (Fsp3) is 0.444. The third kappa shape index (κ3) is 5.71. The second kappa shape index (κ2) is 6.63. The SMILES string of the molecule is Cl.NC(CO)c1ccc(OCC(F)(F)F)nc1. The van der Waals surface area contributed by atoms with Gasteiger partial charge in [0.05, 0.1) is 12.6 Å². The van der Waals surface area contributed by atoms with E-state index in [0.29, 0.717) is 5.56 Å². The van der Waals surface area contributed by atoms with Crippen LogP contribution >= 0.6 is 12.4 Å². The summed E-state index contributed by atoms with van der Waals surface area (Å²) < 4.78 is 39.8. The number of aromatic nitrogens is 1. The topological polar surface area (TPSA) is 68.4 Å². The Labute approximate surface area is 102 Å². The molecule has 1 aromatic rings. The predicted octanol–water partition coefficient (Wildman–Crippen LogP) is 1.44. The fourth-order valence-corrected chi connectivity index (χ4v) is 0.958. The molecule has 0 aromatic carbocycles. The van der Waals surface area contributed by atoms with E-state index in [1.807, 2.05) is 0 Å². The molecule has 17 heavy (non-hydrogen) atoms. The number of rotatable bonds is 4. The Balaban J connectivity index is 0.00000256. The van der Waals surface area contributed by atoms with Gasteiger partial charge in [-0.15, -0.1) is 12.4 Å². The molecule has 1 rings (SSSR count). The van der Waals surface area contributed by atoms with E-state index in [0.717, 1.165) is 0 Å². The lowest BCUT2D eigenvalue weighted by Gasteiger charge is -2.10. The quantitative estimate of drug-likeness (QED) is 0.870. The zero-order chi connectivity index (χ0) is 12.2. The zero-order valence-corrected chi connectivity index (χ0v) is 9.46. The highest BCUT2D eigenvalue weighted by atomic mass is 35.5. The van der Waals surface area contributed by atoms with Gasteiger partial charge in [0.15, 0.2) is 6.61 Å². The number of aliphatic hydroxyl groups is 1. The molecule has 1 atom stereocenters. The van der Waals surface area contributed by atoms with Gasteiger partial charge in [0.25, 0.3) is 0 Å². The van der Waals surface area contributed by atoms with E-state index in [2.05, 4.69) is 9.72 Å². The smallest absolute Gasteiger partial charge is 0.422 e. The first-order valence-corrected chi connectivity index (χ1v) is 4.44. The van der Waals surface area contributed by atoms with Gasteiger partial charge in [-0.2, -0.15) is 13.2 Å². The molecule has 0 aliphatic rings. The highest BCUT2D eigenvalue weighted by molar-refractivity contribution is 5.85. The maximum atomic E-state index is 11.8. The maximum Gasteiger partial charge on any atom is 0.422 e. The first kappa shape index (κ1) is 16.0. The van der Waals surface area contributed by atoms with Crippen molar-refractivity contribution in [2.45, 2.75) is 12.2 Å². The van der Waals surface area contributed by atoms with Gasteiger partial charge in [-0.1, -0.05) is 6.07 Å². The van der Waals surface area contributed by atoms with Gasteiger partial charge >= 0.3 is 6.18 Å². The minimum absolute atomic E-state index is 0. The Morgan fingerprint density at radius 2 is 2.06 bits per heavy atom. The van der Waals surface area contributed by atoms with Crippen molar-refractivity contribution in [3.05, 3.63) is 23.9 Å². The highest BCUT2D eigenvalue weighted by Gasteiger charge is 2.28. The number of pyridine rings is 1. The van der Waals surface area contributed by atoms with Crippen LogP contribution in [-0.2, 0) is 0 Å². The largest absolute Gasteiger partial charge is 0.468 e. The molecule has 0 radical (unpaired) electrons. The van der Waals surface area contributed by atoms with E-state index < -0.39 is 18.8 Å². The summed E-state index contributed by atoms with van der Waals surface area (Å²) in [5.41, 5.74) is 6.01. The summed E-state index contributed by atoms with van der Waals surface area (Å²) in [4.78, 5) is 3.64. The van der Waals surface area contributed by atoms with Gasteiger partial charge < -0.3 is 15.6 Å². The van der Waals surface area contributed by atoms with Gasteiger partial charge in [-0.3, -0.25) is 0 Å². The summed E-state index contributed by atoms with van der Waals surface area (Å²) in [6.45, 7) is -1.64. The van der Waals surface area contributed by atoms with E-state index in [1.54, 1.807) is 0 Å². The molecule has 0 aliphatic carbocycles. The first-order chi connectivity index (χ1) is 7.42. The summed E-state index contributed by atoms with van der Waals surface area (Å²) in [7, 11) is 0. The van der Waals surface area contributed by atoms with Crippen LogP contribution in [0.4, 0.5) is 13.2 Å². The van der Waals surface area contributed by atoms with Crippen LogP contribution in [-0.4, -0.2) is 29.5 Å². The van der Waals surface area contributed by atoms with Gasteiger partial charge in [-0.05, 0) is 5.56 Å². The minimum atomic E-state index is -4.39. The summed E-state index contributed by atoms with van der Waals surface area (Å²) in [5.74, 6) is -0.133. The molecule has 4 nitrogen and oxygen atoms in total. The molecule has 0 saturated carbocycles. The van der Waals surface area contributed by atoms with E-state index in [-0.39, 0.29) is 24.9 Å². The number of aliphatic hydroxyl groups excluding tert-OH is 1. The van der Waals surface area contributed by atoms with E-state index in [1.165, 1.54) is 18.3 Å². The monoisotopic (exact) mass is 272 g/mol. The van der Waals surface area contributed by atoms with Crippen molar-refractivity contribution in [1.82, 2.24) is 4.98 Å². The summed E-state index contributed by atoms with van der Waals surface area (Å²) in [5, 5.41) is 8.73. The third-order valence-electron chi connectivity index (χ3n) is 1.77. The number of nitrogens with two attached hydrogens (primary N) is 1. The van der Waals surface area contributed by atoms with Gasteiger partial charge in [0.2, 0.25) is 5.88 Å². The van der Waals surface area contributed by atoms with Gasteiger partial charge in [-0.25, -0.2) is 4.98 Å². The molecule has 8 heteroatoms. The lowest BCUT2D eigenvalue weighted by molar-refractivity contribution is -0.154. The Kier molecular flexibility index (Phi) is 6.22. The number of ether oxygens (including phenoxy) is 1. The molecular formula is C9H12ClF3N2O2. The number of hydrogen-bond donors (Lipinski definition) is 2. The lowest BCUT2D eigenvalue weighted by atomic mass is 10.1. The standard InChI is InChI=1S/C9H11F3N2O2.ClH/c10-9(11,12)5-16-8-2-1-6(3-14-8)7(13)4-15;/h1-3,7,15H,4-5,13H2;1H. The molecule has 0 bridgehead atoms. The number of hydrogen-bond acceptors (Lipinski definition) is 4. The molecular weight excluding hydrogens is 261 g/mol. The van der Waals surface area contributed by atoms with Crippen molar-refractivity contribution in [3.63, 3.8) is 0 Å². The molecule has 0 spiro atoms. The first-order valence-electron chi connectivity index (χ1n) is 4.44. The Morgan fingerprint density at radius 1 is 1.41 bits per heavy atom. The molecule has 1 unspecified atom stereocenters. The average molecular weight is 273 g/mol. The minimum Gasteiger partial charge on any atom is -0.468 e. The van der Waals surface area contributed by atoms with E-state index in [4.69, 9.17) is 10.8 Å². The predicted molar refractivity (Wildman–Crippen MR) is 57.0 cm³/mol. The highest BCUT2D eigenvalue weighted by Crippen LogP contribution is 2.18. The Morgan fingerprint density at radius 3 is 2.47 bits per heavy atom. The fourth-order valence-electron chi connectivity index (χ4n) is 0.958. The van der Waals surface area contributed by atoms with Crippen molar-refractivity contribution in [2.75, 3.05) is 13.2 Å². The van der Waals surface area contributed by atoms with Crippen molar-refractivity contribution < 1.29 is 23.0 Å². The molecule has 0 fully saturated rings. The van der Waals surface area contributed by atoms with Gasteiger partial charge in [0.1, 0.15) is 0 Å². The molecule has 3 N–H and O–H groups in total. The Hall–Kier alpha value is -1.05. The zero-order valence-electron chi connectivity index (χ0n) is 8.65. The van der Waals surface area contributed by atoms with Crippen LogP contribution in [0.2, 0.25) is 0 Å². The van der Waals surface area contributed by atoms with Crippen molar-refractivity contribution in [3.8, 4) is 5.88 Å². The number of alkyl halides is 3. The van der Waals surface area contributed by atoms with Crippen LogP contribution in [0.5, 0.6) is 5.88 Å². The number of halogens is 4. The van der Waals surface area contributed by atoms with Crippen molar-refractivity contribution in [2.24, 2.45) is 5.73 Å². The van der Waals surface area contributed by atoms with E-state index in [9.17, 15) is 13.2 Å². The summed E-state index contributed by atoms with van der Waals surface area (Å²) in [6, 6.07) is 2.14. The van der Waals surface area contributed by atoms with E-state index >= 15 is 0 Å². The molecule has 1 aromatic heterocycles. The second-order valence-corrected chi connectivity index (χ2v) is 3.12. The lowest BCUT2D eigenvalue weighted by Crippen LogP contribution is -2.20. The average Bonchev–Trinajstić information content (AvgIpc) is 2.25. The van der Waals surface area contributed by atoms with Crippen LogP contribution < -0.4 is 10.5 Å². The van der Waals surface area contributed by atoms with Crippen molar-refractivity contribution >= 4 is 12.4 Å². The third-order valence-corrected chi connectivity index (χ3v) is 1.77. The summed E-state index contributed by atoms with van der Waals surface area (Å²) in [6.07, 6.45) is -3.12. The Bertz CT molecular complexity index is 332. The van der Waals surface area contributed by atoms with Crippen LogP contribution in [0.1, 0.15) is 11.6 Å². The number of nitrogens with zero attached hydrogens (tertiary/aromatic N) is 1. The van der Waals surface area contributed by atoms with Crippen LogP contribution in [0.15, 0.2) is 18.3 Å².